The van der Waals surface area contributed by atoms with E-state index in [1.165, 1.54) is 25.7 Å². The van der Waals surface area contributed by atoms with Gasteiger partial charge in [-0.25, -0.2) is 0 Å². The standard InChI is InChI=1S/C29H46O3/c1-18(31)19-9-14-29(17-30)16-15-27(5)20(24(19)29)7-8-22-26(4)12-11-23(32)25(2,3)21(26)10-13-28(22,27)6/h19-22,24,30H,7-17H2,1-6H3/t19-,20+,21-,22+,24+,26-,27+,28+,29+/m0/s1. The number of Topliss-reactive ketones (excluding diaryl/α,β-unsaturated/α-hetero) is 2. The van der Waals surface area contributed by atoms with Crippen LogP contribution in [0.3, 0.4) is 0 Å². The fourth-order valence-corrected chi connectivity index (χ4v) is 11.3. The van der Waals surface area contributed by atoms with Crippen molar-refractivity contribution in [1.82, 2.24) is 0 Å². The normalized spacial score (nSPS) is 54.2. The Kier molecular flexibility index (Phi) is 4.99. The van der Waals surface area contributed by atoms with Crippen LogP contribution in [0.25, 0.3) is 0 Å². The zero-order chi connectivity index (χ0) is 23.3. The summed E-state index contributed by atoms with van der Waals surface area (Å²) in [5, 5.41) is 10.6. The molecule has 5 fully saturated rings. The lowest BCUT2D eigenvalue weighted by Gasteiger charge is -2.72. The van der Waals surface area contributed by atoms with E-state index < -0.39 is 0 Å². The molecule has 1 N–H and O–H groups in total. The van der Waals surface area contributed by atoms with Gasteiger partial charge >= 0.3 is 0 Å². The van der Waals surface area contributed by atoms with Crippen LogP contribution in [-0.2, 0) is 9.59 Å². The number of fused-ring (bicyclic) bond motifs is 7. The van der Waals surface area contributed by atoms with Gasteiger partial charge in [-0.15, -0.1) is 0 Å². The number of ketones is 2. The largest absolute Gasteiger partial charge is 0.396 e. The second-order valence-corrected chi connectivity index (χ2v) is 14.1. The van der Waals surface area contributed by atoms with Crippen LogP contribution in [0.5, 0.6) is 0 Å². The summed E-state index contributed by atoms with van der Waals surface area (Å²) in [5.74, 6) is 3.02. The monoisotopic (exact) mass is 442 g/mol. The minimum Gasteiger partial charge on any atom is -0.396 e. The highest BCUT2D eigenvalue weighted by atomic mass is 16.3. The van der Waals surface area contributed by atoms with Crippen molar-refractivity contribution in [2.75, 3.05) is 6.61 Å². The zero-order valence-corrected chi connectivity index (χ0v) is 21.4. The first kappa shape index (κ1) is 23.1. The highest BCUT2D eigenvalue weighted by molar-refractivity contribution is 5.85. The molecule has 5 saturated carbocycles. The highest BCUT2D eigenvalue weighted by Gasteiger charge is 2.71. The number of hydrogen-bond acceptors (Lipinski definition) is 3. The molecule has 3 nitrogen and oxygen atoms in total. The van der Waals surface area contributed by atoms with Crippen molar-refractivity contribution in [3.63, 3.8) is 0 Å². The van der Waals surface area contributed by atoms with Gasteiger partial charge < -0.3 is 5.11 Å². The van der Waals surface area contributed by atoms with Gasteiger partial charge in [-0.2, -0.15) is 0 Å². The van der Waals surface area contributed by atoms with E-state index in [0.29, 0.717) is 35.2 Å². The molecule has 3 heteroatoms. The molecule has 0 spiro atoms. The average Bonchev–Trinajstić information content (AvgIpc) is 3.12. The van der Waals surface area contributed by atoms with Crippen LogP contribution in [-0.4, -0.2) is 23.3 Å². The molecule has 0 radical (unpaired) electrons. The molecule has 0 aliphatic heterocycles. The van der Waals surface area contributed by atoms with Crippen LogP contribution < -0.4 is 0 Å². The number of rotatable bonds is 2. The zero-order valence-electron chi connectivity index (χ0n) is 21.4. The van der Waals surface area contributed by atoms with Crippen molar-refractivity contribution in [1.29, 1.82) is 0 Å². The Hall–Kier alpha value is -0.700. The number of hydrogen-bond donors (Lipinski definition) is 1. The van der Waals surface area contributed by atoms with Gasteiger partial charge in [0.05, 0.1) is 0 Å². The molecule has 180 valence electrons. The van der Waals surface area contributed by atoms with Gasteiger partial charge in [0.25, 0.3) is 0 Å². The first-order valence-corrected chi connectivity index (χ1v) is 13.5. The molecule has 0 aromatic heterocycles. The molecule has 0 aromatic carbocycles. The van der Waals surface area contributed by atoms with Crippen LogP contribution in [0.1, 0.15) is 106 Å². The van der Waals surface area contributed by atoms with Gasteiger partial charge in [0.2, 0.25) is 0 Å². The minimum absolute atomic E-state index is 0.0237. The summed E-state index contributed by atoms with van der Waals surface area (Å²) >= 11 is 0. The third-order valence-corrected chi connectivity index (χ3v) is 13.2. The smallest absolute Gasteiger partial charge is 0.138 e. The van der Waals surface area contributed by atoms with Gasteiger partial charge in [-0.3, -0.25) is 9.59 Å². The topological polar surface area (TPSA) is 54.4 Å². The second-order valence-electron chi connectivity index (χ2n) is 14.1. The third kappa shape index (κ3) is 2.58. The Morgan fingerprint density at radius 1 is 0.875 bits per heavy atom. The summed E-state index contributed by atoms with van der Waals surface area (Å²) in [6, 6.07) is 0. The molecular formula is C29H46O3. The Morgan fingerprint density at radius 3 is 2.25 bits per heavy atom. The van der Waals surface area contributed by atoms with Crippen LogP contribution >= 0.6 is 0 Å². The molecule has 5 aliphatic rings. The van der Waals surface area contributed by atoms with Crippen molar-refractivity contribution in [3.8, 4) is 0 Å². The fourth-order valence-electron chi connectivity index (χ4n) is 11.3. The molecule has 0 amide bonds. The Balaban J connectivity index is 1.56. The molecule has 0 saturated heterocycles. The molecule has 0 aromatic rings. The first-order chi connectivity index (χ1) is 14.9. The quantitative estimate of drug-likeness (QED) is 0.552. The van der Waals surface area contributed by atoms with Crippen LogP contribution in [0.4, 0.5) is 0 Å². The predicted molar refractivity (Wildman–Crippen MR) is 127 cm³/mol. The summed E-state index contributed by atoms with van der Waals surface area (Å²) in [6.45, 7) is 14.2. The first-order valence-electron chi connectivity index (χ1n) is 13.5. The van der Waals surface area contributed by atoms with Gasteiger partial charge in [-0.05, 0) is 110 Å². The van der Waals surface area contributed by atoms with E-state index in [-0.39, 0.29) is 39.6 Å². The molecule has 0 bridgehead atoms. The van der Waals surface area contributed by atoms with Crippen LogP contribution in [0.2, 0.25) is 0 Å². The summed E-state index contributed by atoms with van der Waals surface area (Å²) < 4.78 is 0. The average molecular weight is 443 g/mol. The van der Waals surface area contributed by atoms with Crippen LogP contribution in [0, 0.1) is 56.7 Å². The predicted octanol–water partition coefficient (Wildman–Crippen LogP) is 6.22. The molecule has 9 atom stereocenters. The summed E-state index contributed by atoms with van der Waals surface area (Å²) in [7, 11) is 0. The maximum atomic E-state index is 12.9. The number of aliphatic hydroxyl groups excluding tert-OH is 1. The fraction of sp³-hybridized carbons (Fsp3) is 0.931. The molecule has 5 aliphatic carbocycles. The van der Waals surface area contributed by atoms with Gasteiger partial charge in [0.15, 0.2) is 0 Å². The SMILES string of the molecule is CC(=O)[C@@H]1CC[C@]2(CO)CC[C@]3(C)[C@H](CC[C@@H]4[C@@]5(C)CCC(=O)C(C)(C)[C@@H]5CC[C@]43C)[C@@H]12. The Morgan fingerprint density at radius 2 is 1.59 bits per heavy atom. The van der Waals surface area contributed by atoms with Crippen molar-refractivity contribution in [2.24, 2.45) is 56.7 Å². The lowest BCUT2D eigenvalue weighted by molar-refractivity contribution is -0.236. The van der Waals surface area contributed by atoms with Crippen molar-refractivity contribution >= 4 is 11.6 Å². The lowest BCUT2D eigenvalue weighted by atomic mass is 9.32. The van der Waals surface area contributed by atoms with Gasteiger partial charge in [-0.1, -0.05) is 34.6 Å². The van der Waals surface area contributed by atoms with Crippen molar-refractivity contribution < 1.29 is 14.7 Å². The maximum Gasteiger partial charge on any atom is 0.138 e. The minimum atomic E-state index is -0.199. The van der Waals surface area contributed by atoms with E-state index in [1.807, 2.05) is 0 Å². The van der Waals surface area contributed by atoms with Crippen molar-refractivity contribution in [2.45, 2.75) is 106 Å². The summed E-state index contributed by atoms with van der Waals surface area (Å²) in [5.41, 5.74) is 0.486. The second kappa shape index (κ2) is 6.92. The molecule has 5 rings (SSSR count). The Labute approximate surface area is 195 Å². The van der Waals surface area contributed by atoms with Crippen molar-refractivity contribution in [3.05, 3.63) is 0 Å². The van der Waals surface area contributed by atoms with E-state index in [0.717, 1.165) is 38.5 Å². The summed E-state index contributed by atoms with van der Waals surface area (Å²) in [6.07, 6.45) is 10.9. The van der Waals surface area contributed by atoms with Gasteiger partial charge in [0, 0.05) is 24.4 Å². The van der Waals surface area contributed by atoms with Crippen LogP contribution in [0.15, 0.2) is 0 Å². The summed E-state index contributed by atoms with van der Waals surface area (Å²) in [4.78, 5) is 25.6. The Bertz CT molecular complexity index is 830. The molecule has 0 unspecified atom stereocenters. The third-order valence-electron chi connectivity index (χ3n) is 13.2. The highest BCUT2D eigenvalue weighted by Crippen LogP contribution is 2.77. The lowest BCUT2D eigenvalue weighted by Crippen LogP contribution is -2.66. The molecule has 0 heterocycles. The number of carbonyl (C=O) groups is 2. The van der Waals surface area contributed by atoms with E-state index in [2.05, 4.69) is 34.6 Å². The van der Waals surface area contributed by atoms with Gasteiger partial charge in [0.1, 0.15) is 11.6 Å². The number of carbonyl (C=O) groups excluding carboxylic acids is 2. The molecular weight excluding hydrogens is 396 g/mol. The van der Waals surface area contributed by atoms with E-state index in [4.69, 9.17) is 0 Å². The number of aliphatic hydroxyl groups is 1. The van der Waals surface area contributed by atoms with E-state index in [9.17, 15) is 14.7 Å². The molecule has 32 heavy (non-hydrogen) atoms. The van der Waals surface area contributed by atoms with E-state index >= 15 is 0 Å². The van der Waals surface area contributed by atoms with E-state index in [1.54, 1.807) is 6.92 Å². The maximum absolute atomic E-state index is 12.9.